The molecule has 1 aromatic rings. The van der Waals surface area contributed by atoms with Gasteiger partial charge in [0, 0.05) is 39.3 Å². The van der Waals surface area contributed by atoms with Crippen molar-refractivity contribution >= 4 is 17.5 Å². The third-order valence-corrected chi connectivity index (χ3v) is 4.63. The molecule has 132 valence electrons. The molecular formula is C19H29N3O2. The lowest BCUT2D eigenvalue weighted by atomic mass is 9.99. The van der Waals surface area contributed by atoms with Crippen molar-refractivity contribution in [3.05, 3.63) is 29.8 Å². The Hall–Kier alpha value is -2.04. The van der Waals surface area contributed by atoms with Gasteiger partial charge in [0.05, 0.1) is 6.54 Å². The molecule has 1 aromatic carbocycles. The average Bonchev–Trinajstić information content (AvgIpc) is 2.58. The quantitative estimate of drug-likeness (QED) is 0.871. The van der Waals surface area contributed by atoms with E-state index in [4.69, 9.17) is 0 Å². The molecule has 0 aromatic heterocycles. The van der Waals surface area contributed by atoms with E-state index in [-0.39, 0.29) is 11.8 Å². The van der Waals surface area contributed by atoms with E-state index in [0.717, 1.165) is 43.1 Å². The Morgan fingerprint density at radius 2 is 1.96 bits per heavy atom. The molecule has 24 heavy (non-hydrogen) atoms. The third-order valence-electron chi connectivity index (χ3n) is 4.63. The number of likely N-dealkylation sites (tertiary alicyclic amines) is 1. The molecule has 1 heterocycles. The van der Waals surface area contributed by atoms with Crippen molar-refractivity contribution in [1.82, 2.24) is 9.80 Å². The van der Waals surface area contributed by atoms with Gasteiger partial charge in [-0.25, -0.2) is 0 Å². The normalized spacial score (nSPS) is 15.2. The molecule has 0 bridgehead atoms. The fourth-order valence-corrected chi connectivity index (χ4v) is 2.86. The van der Waals surface area contributed by atoms with Crippen LogP contribution in [0, 0.1) is 5.92 Å². The minimum atomic E-state index is 0.128. The summed E-state index contributed by atoms with van der Waals surface area (Å²) in [6, 6.07) is 7.96. The zero-order valence-corrected chi connectivity index (χ0v) is 15.0. The maximum absolute atomic E-state index is 12.3. The van der Waals surface area contributed by atoms with Crippen LogP contribution >= 0.6 is 0 Å². The first-order chi connectivity index (χ1) is 11.5. The molecule has 0 aliphatic carbocycles. The van der Waals surface area contributed by atoms with Crippen LogP contribution in [0.3, 0.4) is 0 Å². The number of rotatable bonds is 6. The number of aryl methyl sites for hydroxylation is 1. The second-order valence-electron chi connectivity index (χ2n) is 6.91. The number of amides is 2. The number of carbonyl (C=O) groups is 2. The van der Waals surface area contributed by atoms with Gasteiger partial charge in [-0.2, -0.15) is 0 Å². The lowest BCUT2D eigenvalue weighted by Gasteiger charge is -2.30. The lowest BCUT2D eigenvalue weighted by Crippen LogP contribution is -2.40. The largest absolute Gasteiger partial charge is 0.376 e. The zero-order valence-electron chi connectivity index (χ0n) is 15.0. The number of nitrogens with zero attached hydrogens (tertiary/aromatic N) is 2. The molecule has 0 atom stereocenters. The summed E-state index contributed by atoms with van der Waals surface area (Å²) in [7, 11) is 3.54. The third kappa shape index (κ3) is 5.55. The molecule has 5 nitrogen and oxygen atoms in total. The Morgan fingerprint density at radius 1 is 1.25 bits per heavy atom. The highest BCUT2D eigenvalue weighted by Gasteiger charge is 2.19. The number of piperidine rings is 1. The van der Waals surface area contributed by atoms with E-state index in [0.29, 0.717) is 19.4 Å². The van der Waals surface area contributed by atoms with Crippen molar-refractivity contribution in [3.8, 4) is 0 Å². The number of hydrogen-bond donors (Lipinski definition) is 1. The predicted molar refractivity (Wildman–Crippen MR) is 96.9 cm³/mol. The van der Waals surface area contributed by atoms with E-state index in [2.05, 4.69) is 12.2 Å². The molecule has 1 saturated heterocycles. The maximum Gasteiger partial charge on any atom is 0.241 e. The molecule has 1 aliphatic rings. The van der Waals surface area contributed by atoms with Crippen LogP contribution in [-0.4, -0.2) is 55.3 Å². The Bertz CT molecular complexity index is 563. The van der Waals surface area contributed by atoms with Crippen LogP contribution in [0.4, 0.5) is 5.69 Å². The van der Waals surface area contributed by atoms with Gasteiger partial charge in [-0.05, 0) is 42.9 Å². The highest BCUT2D eigenvalue weighted by Crippen LogP contribution is 2.17. The van der Waals surface area contributed by atoms with Gasteiger partial charge in [0.15, 0.2) is 0 Å². The first-order valence-corrected chi connectivity index (χ1v) is 8.76. The van der Waals surface area contributed by atoms with Gasteiger partial charge < -0.3 is 15.1 Å². The number of nitrogens with one attached hydrogen (secondary N) is 1. The fraction of sp³-hybridized carbons (Fsp3) is 0.579. The Morgan fingerprint density at radius 3 is 2.62 bits per heavy atom. The van der Waals surface area contributed by atoms with Crippen LogP contribution in [0.2, 0.25) is 0 Å². The van der Waals surface area contributed by atoms with Gasteiger partial charge in [0.2, 0.25) is 11.8 Å². The molecule has 1 N–H and O–H groups in total. The second-order valence-corrected chi connectivity index (χ2v) is 6.91. The molecule has 2 rings (SSSR count). The smallest absolute Gasteiger partial charge is 0.241 e. The molecular weight excluding hydrogens is 302 g/mol. The number of hydrogen-bond acceptors (Lipinski definition) is 3. The molecule has 5 heteroatoms. The van der Waals surface area contributed by atoms with E-state index >= 15 is 0 Å². The highest BCUT2D eigenvalue weighted by molar-refractivity contribution is 5.81. The van der Waals surface area contributed by atoms with Crippen molar-refractivity contribution in [3.63, 3.8) is 0 Å². The van der Waals surface area contributed by atoms with E-state index in [1.54, 1.807) is 19.0 Å². The van der Waals surface area contributed by atoms with Crippen LogP contribution in [0.15, 0.2) is 24.3 Å². The fourth-order valence-electron chi connectivity index (χ4n) is 2.86. The van der Waals surface area contributed by atoms with Gasteiger partial charge in [-0.15, -0.1) is 0 Å². The van der Waals surface area contributed by atoms with Crippen molar-refractivity contribution < 1.29 is 9.59 Å². The van der Waals surface area contributed by atoms with Crippen LogP contribution in [0.1, 0.15) is 31.7 Å². The standard InChI is InChI=1S/C19H29N3O2/c1-15-9-11-22(12-10-15)19(24)14-20-17-6-4-5-16(13-17)7-8-18(23)21(2)3/h4-6,13,15,20H,7-12,14H2,1-3H3. The van der Waals surface area contributed by atoms with Gasteiger partial charge in [-0.3, -0.25) is 9.59 Å². The Balaban J connectivity index is 1.81. The van der Waals surface area contributed by atoms with Crippen molar-refractivity contribution in [2.24, 2.45) is 5.92 Å². The van der Waals surface area contributed by atoms with E-state index < -0.39 is 0 Å². The van der Waals surface area contributed by atoms with Gasteiger partial charge in [0.25, 0.3) is 0 Å². The van der Waals surface area contributed by atoms with Crippen molar-refractivity contribution in [1.29, 1.82) is 0 Å². The van der Waals surface area contributed by atoms with Gasteiger partial charge >= 0.3 is 0 Å². The number of benzene rings is 1. The van der Waals surface area contributed by atoms with E-state index in [9.17, 15) is 9.59 Å². The van der Waals surface area contributed by atoms with E-state index in [1.807, 2.05) is 29.2 Å². The SMILES string of the molecule is CC1CCN(C(=O)CNc2cccc(CCC(=O)N(C)C)c2)CC1. The van der Waals surface area contributed by atoms with Crippen LogP contribution in [-0.2, 0) is 16.0 Å². The predicted octanol–water partition coefficient (Wildman–Crippen LogP) is 2.38. The Labute approximate surface area is 145 Å². The topological polar surface area (TPSA) is 52.7 Å². The summed E-state index contributed by atoms with van der Waals surface area (Å²) in [6.45, 7) is 4.31. The summed E-state index contributed by atoms with van der Waals surface area (Å²) in [5.41, 5.74) is 2.04. The number of anilines is 1. The highest BCUT2D eigenvalue weighted by atomic mass is 16.2. The molecule has 0 saturated carbocycles. The molecule has 1 aliphatic heterocycles. The summed E-state index contributed by atoms with van der Waals surface area (Å²) in [5.74, 6) is 1.02. The molecule has 0 unspecified atom stereocenters. The average molecular weight is 331 g/mol. The van der Waals surface area contributed by atoms with Crippen molar-refractivity contribution in [2.45, 2.75) is 32.6 Å². The van der Waals surface area contributed by atoms with Gasteiger partial charge in [-0.1, -0.05) is 19.1 Å². The summed E-state index contributed by atoms with van der Waals surface area (Å²) >= 11 is 0. The maximum atomic E-state index is 12.3. The summed E-state index contributed by atoms with van der Waals surface area (Å²) in [6.07, 6.45) is 3.41. The number of carbonyl (C=O) groups excluding carboxylic acids is 2. The van der Waals surface area contributed by atoms with Crippen LogP contribution < -0.4 is 5.32 Å². The lowest BCUT2D eigenvalue weighted by molar-refractivity contribution is -0.130. The van der Waals surface area contributed by atoms with Gasteiger partial charge in [0.1, 0.15) is 0 Å². The first kappa shape index (κ1) is 18.3. The summed E-state index contributed by atoms with van der Waals surface area (Å²) in [4.78, 5) is 27.5. The first-order valence-electron chi connectivity index (χ1n) is 8.76. The molecule has 2 amide bonds. The summed E-state index contributed by atoms with van der Waals surface area (Å²) in [5, 5.41) is 3.22. The van der Waals surface area contributed by atoms with Crippen LogP contribution in [0.5, 0.6) is 0 Å². The minimum Gasteiger partial charge on any atom is -0.376 e. The van der Waals surface area contributed by atoms with Crippen molar-refractivity contribution in [2.75, 3.05) is 39.0 Å². The summed E-state index contributed by atoms with van der Waals surface area (Å²) < 4.78 is 0. The Kier molecular flexibility index (Phi) is 6.64. The minimum absolute atomic E-state index is 0.128. The monoisotopic (exact) mass is 331 g/mol. The molecule has 1 fully saturated rings. The molecule has 0 spiro atoms. The van der Waals surface area contributed by atoms with E-state index in [1.165, 1.54) is 0 Å². The zero-order chi connectivity index (χ0) is 17.5. The molecule has 0 radical (unpaired) electrons. The second kappa shape index (κ2) is 8.71. The van der Waals surface area contributed by atoms with Crippen LogP contribution in [0.25, 0.3) is 0 Å².